The molecule has 3 nitrogen and oxygen atoms in total. The summed E-state index contributed by atoms with van der Waals surface area (Å²) in [5.74, 6) is -0.447. The van der Waals surface area contributed by atoms with Crippen LogP contribution in [0.5, 0.6) is 0 Å². The van der Waals surface area contributed by atoms with Crippen LogP contribution < -0.4 is 0 Å². The van der Waals surface area contributed by atoms with Crippen LogP contribution in [0.3, 0.4) is 0 Å². The van der Waals surface area contributed by atoms with Crippen molar-refractivity contribution >= 4 is 9.84 Å². The molecule has 20 heavy (non-hydrogen) atoms. The van der Waals surface area contributed by atoms with Gasteiger partial charge in [0.15, 0.2) is 9.84 Å². The maximum atomic E-state index is 13.9. The summed E-state index contributed by atoms with van der Waals surface area (Å²) in [4.78, 5) is 0.139. The van der Waals surface area contributed by atoms with Gasteiger partial charge in [-0.3, -0.25) is 0 Å². The summed E-state index contributed by atoms with van der Waals surface area (Å²) in [5, 5.41) is 8.68. The Bertz CT molecular complexity index is 792. The fraction of sp³-hybridized carbons (Fsp3) is 0.133. The van der Waals surface area contributed by atoms with E-state index in [4.69, 9.17) is 5.26 Å². The van der Waals surface area contributed by atoms with Crippen molar-refractivity contribution in [2.24, 2.45) is 0 Å². The van der Waals surface area contributed by atoms with E-state index in [-0.39, 0.29) is 11.3 Å². The first-order valence-corrected chi connectivity index (χ1v) is 7.77. The van der Waals surface area contributed by atoms with Gasteiger partial charge in [0.05, 0.1) is 17.4 Å². The van der Waals surface area contributed by atoms with Gasteiger partial charge >= 0.3 is 0 Å². The quantitative estimate of drug-likeness (QED) is 0.872. The van der Waals surface area contributed by atoms with E-state index in [2.05, 4.69) is 0 Å². The third kappa shape index (κ3) is 3.03. The monoisotopic (exact) mass is 289 g/mol. The third-order valence-electron chi connectivity index (χ3n) is 2.89. The van der Waals surface area contributed by atoms with E-state index in [0.29, 0.717) is 16.7 Å². The van der Waals surface area contributed by atoms with Gasteiger partial charge in [0.2, 0.25) is 0 Å². The van der Waals surface area contributed by atoms with E-state index >= 15 is 0 Å². The lowest BCUT2D eigenvalue weighted by Crippen LogP contribution is -1.97. The summed E-state index contributed by atoms with van der Waals surface area (Å²) >= 11 is 0. The molecule has 0 amide bonds. The highest BCUT2D eigenvalue weighted by molar-refractivity contribution is 7.90. The first-order valence-electron chi connectivity index (χ1n) is 5.87. The van der Waals surface area contributed by atoms with Crippen LogP contribution in [0.15, 0.2) is 47.4 Å². The van der Waals surface area contributed by atoms with Crippen LogP contribution in [0.2, 0.25) is 0 Å². The van der Waals surface area contributed by atoms with E-state index in [1.165, 1.54) is 18.2 Å². The molecule has 102 valence electrons. The van der Waals surface area contributed by atoms with Crippen molar-refractivity contribution in [3.8, 4) is 17.2 Å². The van der Waals surface area contributed by atoms with Crippen molar-refractivity contribution in [3.05, 3.63) is 53.8 Å². The fourth-order valence-electron chi connectivity index (χ4n) is 1.89. The first kappa shape index (κ1) is 14.2. The molecule has 0 aliphatic rings. The Morgan fingerprint density at radius 2 is 1.95 bits per heavy atom. The lowest BCUT2D eigenvalue weighted by Gasteiger charge is -2.07. The molecule has 0 aromatic heterocycles. The Morgan fingerprint density at radius 3 is 2.60 bits per heavy atom. The number of hydrogen-bond donors (Lipinski definition) is 0. The summed E-state index contributed by atoms with van der Waals surface area (Å²) in [5.41, 5.74) is 1.46. The third-order valence-corrected chi connectivity index (χ3v) is 4.00. The SMILES string of the molecule is CS(=O)(=O)c1cccc(-c2cc(CC#N)ccc2F)c1. The minimum absolute atomic E-state index is 0.139. The molecule has 0 saturated carbocycles. The highest BCUT2D eigenvalue weighted by Gasteiger charge is 2.11. The summed E-state index contributed by atoms with van der Waals surface area (Å²) in [6.45, 7) is 0. The van der Waals surface area contributed by atoms with E-state index < -0.39 is 15.7 Å². The molecule has 0 spiro atoms. The Balaban J connectivity index is 2.57. The Labute approximate surface area is 117 Å². The molecule has 0 heterocycles. The second kappa shape index (κ2) is 5.43. The minimum Gasteiger partial charge on any atom is -0.224 e. The molecular weight excluding hydrogens is 277 g/mol. The predicted octanol–water partition coefficient (Wildman–Crippen LogP) is 2.96. The van der Waals surface area contributed by atoms with Gasteiger partial charge in [0, 0.05) is 11.8 Å². The van der Waals surface area contributed by atoms with Crippen molar-refractivity contribution in [3.63, 3.8) is 0 Å². The average molecular weight is 289 g/mol. The van der Waals surface area contributed by atoms with Crippen molar-refractivity contribution in [1.82, 2.24) is 0 Å². The van der Waals surface area contributed by atoms with E-state index in [0.717, 1.165) is 6.26 Å². The number of sulfone groups is 1. The van der Waals surface area contributed by atoms with Crippen LogP contribution in [0, 0.1) is 17.1 Å². The van der Waals surface area contributed by atoms with Crippen LogP contribution in [-0.4, -0.2) is 14.7 Å². The van der Waals surface area contributed by atoms with E-state index in [1.54, 1.807) is 24.3 Å². The van der Waals surface area contributed by atoms with Crippen molar-refractivity contribution in [1.29, 1.82) is 5.26 Å². The lowest BCUT2D eigenvalue weighted by molar-refractivity contribution is 0.602. The zero-order chi connectivity index (χ0) is 14.8. The molecule has 2 rings (SSSR count). The van der Waals surface area contributed by atoms with Gasteiger partial charge in [-0.15, -0.1) is 0 Å². The largest absolute Gasteiger partial charge is 0.224 e. The number of nitriles is 1. The molecule has 0 fully saturated rings. The van der Waals surface area contributed by atoms with Crippen molar-refractivity contribution < 1.29 is 12.8 Å². The molecule has 0 saturated heterocycles. The molecule has 0 N–H and O–H groups in total. The number of nitrogens with zero attached hydrogens (tertiary/aromatic N) is 1. The van der Waals surface area contributed by atoms with Crippen LogP contribution in [0.1, 0.15) is 5.56 Å². The van der Waals surface area contributed by atoms with E-state index in [9.17, 15) is 12.8 Å². The normalized spacial score (nSPS) is 11.1. The first-order chi connectivity index (χ1) is 9.41. The Kier molecular flexibility index (Phi) is 3.86. The number of benzene rings is 2. The molecule has 0 unspecified atom stereocenters. The maximum absolute atomic E-state index is 13.9. The topological polar surface area (TPSA) is 57.9 Å². The lowest BCUT2D eigenvalue weighted by atomic mass is 10.0. The predicted molar refractivity (Wildman–Crippen MR) is 74.3 cm³/mol. The van der Waals surface area contributed by atoms with Gasteiger partial charge < -0.3 is 0 Å². The summed E-state index contributed by atoms with van der Waals surface area (Å²) in [6.07, 6.45) is 1.29. The summed E-state index contributed by atoms with van der Waals surface area (Å²) in [7, 11) is -3.34. The van der Waals surface area contributed by atoms with Crippen LogP contribution >= 0.6 is 0 Å². The number of halogens is 1. The molecule has 5 heteroatoms. The second-order valence-electron chi connectivity index (χ2n) is 4.45. The zero-order valence-corrected chi connectivity index (χ0v) is 11.6. The molecule has 0 atom stereocenters. The molecule has 2 aromatic rings. The molecule has 0 bridgehead atoms. The fourth-order valence-corrected chi connectivity index (χ4v) is 2.56. The molecule has 2 aromatic carbocycles. The van der Waals surface area contributed by atoms with Gasteiger partial charge in [-0.25, -0.2) is 12.8 Å². The van der Waals surface area contributed by atoms with Crippen molar-refractivity contribution in [2.45, 2.75) is 11.3 Å². The highest BCUT2D eigenvalue weighted by Crippen LogP contribution is 2.26. The van der Waals surface area contributed by atoms with Crippen LogP contribution in [0.4, 0.5) is 4.39 Å². The van der Waals surface area contributed by atoms with E-state index in [1.807, 2.05) is 6.07 Å². The minimum atomic E-state index is -3.34. The molecular formula is C15H12FNO2S. The average Bonchev–Trinajstić information content (AvgIpc) is 2.40. The standard InChI is InChI=1S/C15H12FNO2S/c1-20(18,19)13-4-2-3-12(10-13)14-9-11(7-8-17)5-6-15(14)16/h2-6,9-10H,7H2,1H3. The highest BCUT2D eigenvalue weighted by atomic mass is 32.2. The summed E-state index contributed by atoms with van der Waals surface area (Å²) < 4.78 is 37.0. The van der Waals surface area contributed by atoms with Crippen LogP contribution in [-0.2, 0) is 16.3 Å². The maximum Gasteiger partial charge on any atom is 0.175 e. The zero-order valence-electron chi connectivity index (χ0n) is 10.8. The second-order valence-corrected chi connectivity index (χ2v) is 6.46. The van der Waals surface area contributed by atoms with Gasteiger partial charge in [-0.05, 0) is 35.4 Å². The Morgan fingerprint density at radius 1 is 1.20 bits per heavy atom. The summed E-state index contributed by atoms with van der Waals surface area (Å²) in [6, 6.07) is 12.5. The van der Waals surface area contributed by atoms with Gasteiger partial charge in [0.25, 0.3) is 0 Å². The van der Waals surface area contributed by atoms with Gasteiger partial charge in [-0.1, -0.05) is 18.2 Å². The molecule has 0 aliphatic carbocycles. The molecule has 0 radical (unpaired) electrons. The van der Waals surface area contributed by atoms with Crippen LogP contribution in [0.25, 0.3) is 11.1 Å². The molecule has 0 aliphatic heterocycles. The number of rotatable bonds is 3. The Hall–Kier alpha value is -2.19. The van der Waals surface area contributed by atoms with Crippen molar-refractivity contribution in [2.75, 3.05) is 6.26 Å². The smallest absolute Gasteiger partial charge is 0.175 e. The van der Waals surface area contributed by atoms with Gasteiger partial charge in [-0.2, -0.15) is 5.26 Å². The van der Waals surface area contributed by atoms with Gasteiger partial charge in [0.1, 0.15) is 5.82 Å². The number of hydrogen-bond acceptors (Lipinski definition) is 3.